The predicted molar refractivity (Wildman–Crippen MR) is 128 cm³/mol. The summed E-state index contributed by atoms with van der Waals surface area (Å²) >= 11 is 0. The average Bonchev–Trinajstić information content (AvgIpc) is 2.75. The summed E-state index contributed by atoms with van der Waals surface area (Å²) in [6, 6.07) is 15.6. The van der Waals surface area contributed by atoms with Crippen molar-refractivity contribution in [2.24, 2.45) is 11.7 Å². The lowest BCUT2D eigenvalue weighted by atomic mass is 9.86. The summed E-state index contributed by atoms with van der Waals surface area (Å²) in [5.41, 5.74) is 9.31. The molecule has 0 aliphatic heterocycles. The van der Waals surface area contributed by atoms with Crippen molar-refractivity contribution in [1.82, 2.24) is 0 Å². The van der Waals surface area contributed by atoms with Gasteiger partial charge in [-0.25, -0.2) is 0 Å². The minimum atomic E-state index is -0.00153. The first kappa shape index (κ1) is 25.6. The predicted octanol–water partition coefficient (Wildman–Crippen LogP) is 6.85. The van der Waals surface area contributed by atoms with Crippen LogP contribution in [0.2, 0.25) is 0 Å². The molecule has 0 aliphatic rings. The normalized spacial score (nSPS) is 12.8. The minimum absolute atomic E-state index is 0.00153. The van der Waals surface area contributed by atoms with Crippen LogP contribution in [0.3, 0.4) is 0 Å². The Morgan fingerprint density at radius 1 is 1.07 bits per heavy atom. The van der Waals surface area contributed by atoms with Gasteiger partial charge in [0.25, 0.3) is 0 Å². The zero-order valence-corrected chi connectivity index (χ0v) is 19.1. The van der Waals surface area contributed by atoms with Crippen LogP contribution >= 0.6 is 0 Å². The van der Waals surface area contributed by atoms with E-state index in [-0.39, 0.29) is 11.5 Å². The van der Waals surface area contributed by atoms with Crippen LogP contribution in [0.25, 0.3) is 6.08 Å². The summed E-state index contributed by atoms with van der Waals surface area (Å²) < 4.78 is 0. The standard InChI is InChI=1S/C17H29N.C10H10O2/c1-4-7-16(11-10-14(3)5-2)17-9-6-8-15(12-17)13-18;1-8(11)5-6-9-3-2-4-10(12)7-9/h6,8-9,12,14,16H,4-5,7,10-11,13,18H2,1-3H3;2-7,12H,1H3/b;6-5-. The molecule has 0 aliphatic carbocycles. The van der Waals surface area contributed by atoms with Crippen molar-refractivity contribution in [3.63, 3.8) is 0 Å². The second kappa shape index (κ2) is 14.6. The lowest BCUT2D eigenvalue weighted by Crippen LogP contribution is -2.04. The number of nitrogens with two attached hydrogens (primary N) is 1. The summed E-state index contributed by atoms with van der Waals surface area (Å²) in [4.78, 5) is 10.6. The summed E-state index contributed by atoms with van der Waals surface area (Å²) in [5, 5.41) is 9.06. The number of hydrogen-bond acceptors (Lipinski definition) is 3. The Morgan fingerprint density at radius 2 is 1.80 bits per heavy atom. The quantitative estimate of drug-likeness (QED) is 0.422. The molecule has 0 radical (unpaired) electrons. The van der Waals surface area contributed by atoms with E-state index in [0.29, 0.717) is 6.54 Å². The number of phenols is 1. The average molecular weight is 410 g/mol. The Hall–Kier alpha value is -2.39. The monoisotopic (exact) mass is 409 g/mol. The molecule has 3 heteroatoms. The fraction of sp³-hybridized carbons (Fsp3) is 0.444. The van der Waals surface area contributed by atoms with Crippen LogP contribution in [0.15, 0.2) is 54.6 Å². The summed E-state index contributed by atoms with van der Waals surface area (Å²) in [6.07, 6.45) is 9.64. The van der Waals surface area contributed by atoms with E-state index in [1.54, 1.807) is 24.3 Å². The van der Waals surface area contributed by atoms with Gasteiger partial charge in [0.15, 0.2) is 5.78 Å². The number of allylic oxidation sites excluding steroid dienone is 1. The third kappa shape index (κ3) is 10.4. The highest BCUT2D eigenvalue weighted by molar-refractivity contribution is 5.91. The van der Waals surface area contributed by atoms with Crippen LogP contribution in [0.4, 0.5) is 0 Å². The summed E-state index contributed by atoms with van der Waals surface area (Å²) in [7, 11) is 0. The topological polar surface area (TPSA) is 63.3 Å². The maximum absolute atomic E-state index is 10.6. The molecular formula is C27H39NO2. The molecule has 0 amide bonds. The van der Waals surface area contributed by atoms with Gasteiger partial charge in [0.05, 0.1) is 0 Å². The Kier molecular flexibility index (Phi) is 12.5. The molecule has 2 atom stereocenters. The molecule has 0 aromatic heterocycles. The molecule has 0 bridgehead atoms. The lowest BCUT2D eigenvalue weighted by molar-refractivity contribution is -0.112. The van der Waals surface area contributed by atoms with Crippen molar-refractivity contribution in [3.05, 3.63) is 71.3 Å². The van der Waals surface area contributed by atoms with E-state index in [9.17, 15) is 4.79 Å². The van der Waals surface area contributed by atoms with Gasteiger partial charge in [0.2, 0.25) is 0 Å². The van der Waals surface area contributed by atoms with Gasteiger partial charge in [-0.3, -0.25) is 4.79 Å². The molecule has 0 spiro atoms. The smallest absolute Gasteiger partial charge is 0.152 e. The summed E-state index contributed by atoms with van der Waals surface area (Å²) in [5.74, 6) is 1.77. The fourth-order valence-electron chi connectivity index (χ4n) is 3.33. The Labute approximate surface area is 183 Å². The molecule has 2 aromatic carbocycles. The molecule has 3 nitrogen and oxygen atoms in total. The summed E-state index contributed by atoms with van der Waals surface area (Å²) in [6.45, 7) is 9.06. The first-order valence-corrected chi connectivity index (χ1v) is 11.2. The highest BCUT2D eigenvalue weighted by Gasteiger charge is 2.12. The number of ketones is 1. The van der Waals surface area contributed by atoms with Crippen molar-refractivity contribution in [1.29, 1.82) is 0 Å². The molecule has 30 heavy (non-hydrogen) atoms. The largest absolute Gasteiger partial charge is 0.508 e. The van der Waals surface area contributed by atoms with E-state index in [2.05, 4.69) is 45.0 Å². The van der Waals surface area contributed by atoms with Gasteiger partial charge >= 0.3 is 0 Å². The van der Waals surface area contributed by atoms with Crippen LogP contribution in [0.1, 0.15) is 82.4 Å². The Bertz CT molecular complexity index is 782. The van der Waals surface area contributed by atoms with Gasteiger partial charge in [0, 0.05) is 6.54 Å². The first-order chi connectivity index (χ1) is 14.4. The van der Waals surface area contributed by atoms with E-state index < -0.39 is 0 Å². The highest BCUT2D eigenvalue weighted by atomic mass is 16.3. The zero-order valence-electron chi connectivity index (χ0n) is 19.1. The van der Waals surface area contributed by atoms with Crippen LogP contribution in [-0.2, 0) is 11.3 Å². The molecular weight excluding hydrogens is 370 g/mol. The number of carbonyl (C=O) groups excluding carboxylic acids is 1. The van der Waals surface area contributed by atoms with E-state index in [4.69, 9.17) is 10.8 Å². The second-order valence-electron chi connectivity index (χ2n) is 8.06. The van der Waals surface area contributed by atoms with E-state index in [1.807, 2.05) is 6.07 Å². The van der Waals surface area contributed by atoms with Crippen molar-refractivity contribution in [3.8, 4) is 5.75 Å². The second-order valence-corrected chi connectivity index (χ2v) is 8.06. The SMILES string of the molecule is CC(=O)/C=C\c1cccc(O)c1.CCCC(CCC(C)CC)c1cccc(CN)c1. The lowest BCUT2D eigenvalue weighted by Gasteiger charge is -2.19. The van der Waals surface area contributed by atoms with Crippen molar-refractivity contribution >= 4 is 11.9 Å². The molecule has 0 fully saturated rings. The molecule has 0 saturated heterocycles. The molecule has 164 valence electrons. The van der Waals surface area contributed by atoms with Gasteiger partial charge in [-0.15, -0.1) is 0 Å². The van der Waals surface area contributed by atoms with Crippen LogP contribution in [0, 0.1) is 5.92 Å². The van der Waals surface area contributed by atoms with Crippen LogP contribution in [-0.4, -0.2) is 10.9 Å². The number of phenolic OH excluding ortho intramolecular Hbond substituents is 1. The van der Waals surface area contributed by atoms with Crippen molar-refractivity contribution in [2.75, 3.05) is 0 Å². The fourth-order valence-corrected chi connectivity index (χ4v) is 3.33. The number of rotatable bonds is 10. The van der Waals surface area contributed by atoms with Crippen LogP contribution < -0.4 is 5.73 Å². The van der Waals surface area contributed by atoms with Crippen molar-refractivity contribution in [2.45, 2.75) is 72.3 Å². The maximum Gasteiger partial charge on any atom is 0.152 e. The third-order valence-electron chi connectivity index (χ3n) is 5.38. The van der Waals surface area contributed by atoms with Gasteiger partial charge in [-0.05, 0) is 66.5 Å². The first-order valence-electron chi connectivity index (χ1n) is 11.2. The molecule has 2 aromatic rings. The number of hydrogen-bond donors (Lipinski definition) is 2. The molecule has 2 rings (SSSR count). The molecule has 0 saturated carbocycles. The third-order valence-corrected chi connectivity index (χ3v) is 5.38. The number of carbonyl (C=O) groups is 1. The van der Waals surface area contributed by atoms with E-state index in [0.717, 1.165) is 17.4 Å². The van der Waals surface area contributed by atoms with Gasteiger partial charge in [-0.2, -0.15) is 0 Å². The van der Waals surface area contributed by atoms with Crippen molar-refractivity contribution < 1.29 is 9.90 Å². The van der Waals surface area contributed by atoms with Gasteiger partial charge in [0.1, 0.15) is 5.75 Å². The van der Waals surface area contributed by atoms with E-state index in [1.165, 1.54) is 56.2 Å². The van der Waals surface area contributed by atoms with E-state index >= 15 is 0 Å². The number of benzene rings is 2. The van der Waals surface area contributed by atoms with Crippen LogP contribution in [0.5, 0.6) is 5.75 Å². The van der Waals surface area contributed by atoms with Gasteiger partial charge in [-0.1, -0.05) is 82.5 Å². The number of aromatic hydroxyl groups is 1. The molecule has 2 unspecified atom stereocenters. The molecule has 0 heterocycles. The van der Waals surface area contributed by atoms with Gasteiger partial charge < -0.3 is 10.8 Å². The highest BCUT2D eigenvalue weighted by Crippen LogP contribution is 2.29. The molecule has 3 N–H and O–H groups in total. The zero-order chi connectivity index (χ0) is 22.4. The minimum Gasteiger partial charge on any atom is -0.508 e. The Morgan fingerprint density at radius 3 is 2.40 bits per heavy atom. The Balaban J connectivity index is 0.000000325. The maximum atomic E-state index is 10.6.